The third-order valence-electron chi connectivity index (χ3n) is 3.01. The molecule has 0 aromatic heterocycles. The van der Waals surface area contributed by atoms with Crippen molar-refractivity contribution in [3.05, 3.63) is 24.3 Å². The number of rotatable bonds is 7. The fourth-order valence-electron chi connectivity index (χ4n) is 1.72. The van der Waals surface area contributed by atoms with E-state index >= 15 is 0 Å². The van der Waals surface area contributed by atoms with Crippen molar-refractivity contribution >= 4 is 21.6 Å². The Bertz CT molecular complexity index is 565. The quantitative estimate of drug-likeness (QED) is 0.813. The zero-order chi connectivity index (χ0) is 16.0. The molecule has 5 nitrogen and oxygen atoms in total. The summed E-state index contributed by atoms with van der Waals surface area (Å²) in [6.45, 7) is 7.67. The molecule has 0 radical (unpaired) electrons. The largest absolute Gasteiger partial charge is 0.326 e. The van der Waals surface area contributed by atoms with Crippen LogP contribution in [0, 0.1) is 5.92 Å². The van der Waals surface area contributed by atoms with Gasteiger partial charge in [0.1, 0.15) is 0 Å². The van der Waals surface area contributed by atoms with Crippen LogP contribution in [0.3, 0.4) is 0 Å². The Balaban J connectivity index is 2.76. The molecule has 0 aliphatic rings. The Morgan fingerprint density at radius 3 is 2.19 bits per heavy atom. The minimum absolute atomic E-state index is 0.0710. The lowest BCUT2D eigenvalue weighted by molar-refractivity contribution is -0.116. The number of hydrogen-bond donors (Lipinski definition) is 2. The molecule has 0 saturated heterocycles. The van der Waals surface area contributed by atoms with E-state index in [2.05, 4.69) is 10.0 Å². The van der Waals surface area contributed by atoms with Crippen LogP contribution in [0.5, 0.6) is 0 Å². The maximum Gasteiger partial charge on any atom is 0.240 e. The molecule has 1 atom stereocenters. The van der Waals surface area contributed by atoms with E-state index in [0.29, 0.717) is 12.1 Å². The monoisotopic (exact) mass is 312 g/mol. The van der Waals surface area contributed by atoms with Crippen LogP contribution in [0.15, 0.2) is 29.2 Å². The van der Waals surface area contributed by atoms with Crippen LogP contribution in [-0.2, 0) is 14.8 Å². The molecule has 0 saturated carbocycles. The van der Waals surface area contributed by atoms with Crippen molar-refractivity contribution in [1.82, 2.24) is 4.72 Å². The molecule has 0 heterocycles. The van der Waals surface area contributed by atoms with Gasteiger partial charge in [-0.25, -0.2) is 13.1 Å². The molecule has 1 aromatic carbocycles. The van der Waals surface area contributed by atoms with Crippen molar-refractivity contribution < 1.29 is 13.2 Å². The SMILES string of the molecule is CCC(C)NS(=O)(=O)c1ccc(NC(=O)CC(C)C)cc1. The second-order valence-electron chi connectivity index (χ2n) is 5.60. The summed E-state index contributed by atoms with van der Waals surface area (Å²) in [4.78, 5) is 11.8. The number of hydrogen-bond acceptors (Lipinski definition) is 3. The van der Waals surface area contributed by atoms with E-state index in [0.717, 1.165) is 6.42 Å². The topological polar surface area (TPSA) is 75.3 Å². The van der Waals surface area contributed by atoms with Crippen molar-refractivity contribution in [2.45, 2.75) is 51.5 Å². The zero-order valence-electron chi connectivity index (χ0n) is 13.0. The van der Waals surface area contributed by atoms with E-state index in [1.54, 1.807) is 12.1 Å². The summed E-state index contributed by atoms with van der Waals surface area (Å²) < 4.78 is 26.8. The molecule has 2 N–H and O–H groups in total. The van der Waals surface area contributed by atoms with E-state index in [-0.39, 0.29) is 22.8 Å². The van der Waals surface area contributed by atoms with Gasteiger partial charge in [-0.15, -0.1) is 0 Å². The molecule has 1 amide bonds. The average molecular weight is 312 g/mol. The lowest BCUT2D eigenvalue weighted by atomic mass is 10.1. The second kappa shape index (κ2) is 7.56. The smallest absolute Gasteiger partial charge is 0.240 e. The first kappa shape index (κ1) is 17.7. The summed E-state index contributed by atoms with van der Waals surface area (Å²) in [7, 11) is -3.50. The van der Waals surface area contributed by atoms with Crippen molar-refractivity contribution in [3.63, 3.8) is 0 Å². The molecule has 0 fully saturated rings. The summed E-state index contributed by atoms with van der Waals surface area (Å²) in [5, 5.41) is 2.75. The summed E-state index contributed by atoms with van der Waals surface area (Å²) >= 11 is 0. The number of carbonyl (C=O) groups excluding carboxylic acids is 1. The van der Waals surface area contributed by atoms with Crippen molar-refractivity contribution in [2.24, 2.45) is 5.92 Å². The first-order valence-corrected chi connectivity index (χ1v) is 8.65. The van der Waals surface area contributed by atoms with Gasteiger partial charge in [0.2, 0.25) is 15.9 Å². The maximum absolute atomic E-state index is 12.1. The van der Waals surface area contributed by atoms with Crippen LogP contribution < -0.4 is 10.0 Å². The number of anilines is 1. The van der Waals surface area contributed by atoms with Gasteiger partial charge in [-0.1, -0.05) is 20.8 Å². The molecule has 0 spiro atoms. The molecule has 118 valence electrons. The van der Waals surface area contributed by atoms with Gasteiger partial charge >= 0.3 is 0 Å². The highest BCUT2D eigenvalue weighted by Gasteiger charge is 2.16. The third kappa shape index (κ3) is 5.85. The Morgan fingerprint density at radius 2 is 1.71 bits per heavy atom. The Labute approximate surface area is 127 Å². The number of benzene rings is 1. The van der Waals surface area contributed by atoms with Crippen molar-refractivity contribution in [3.8, 4) is 0 Å². The van der Waals surface area contributed by atoms with Gasteiger partial charge in [-0.3, -0.25) is 4.79 Å². The standard InChI is InChI=1S/C15H24N2O3S/c1-5-12(4)17-21(19,20)14-8-6-13(7-9-14)16-15(18)10-11(2)3/h6-9,11-12,17H,5,10H2,1-4H3,(H,16,18). The molecule has 0 bridgehead atoms. The van der Waals surface area contributed by atoms with E-state index in [1.807, 2.05) is 27.7 Å². The zero-order valence-corrected chi connectivity index (χ0v) is 13.8. The molecular formula is C15H24N2O3S. The van der Waals surface area contributed by atoms with Crippen LogP contribution >= 0.6 is 0 Å². The number of carbonyl (C=O) groups is 1. The predicted octanol–water partition coefficient (Wildman–Crippen LogP) is 2.75. The summed E-state index contributed by atoms with van der Waals surface area (Å²) in [5.41, 5.74) is 0.600. The van der Waals surface area contributed by atoms with Crippen LogP contribution in [0.4, 0.5) is 5.69 Å². The average Bonchev–Trinajstić information content (AvgIpc) is 2.37. The van der Waals surface area contributed by atoms with E-state index in [4.69, 9.17) is 0 Å². The normalized spacial score (nSPS) is 13.2. The van der Waals surface area contributed by atoms with Gasteiger partial charge in [0, 0.05) is 18.2 Å². The highest BCUT2D eigenvalue weighted by atomic mass is 32.2. The highest BCUT2D eigenvalue weighted by Crippen LogP contribution is 2.15. The molecule has 1 rings (SSSR count). The van der Waals surface area contributed by atoms with Crippen LogP contribution in [0.25, 0.3) is 0 Å². The molecule has 21 heavy (non-hydrogen) atoms. The van der Waals surface area contributed by atoms with Crippen LogP contribution in [-0.4, -0.2) is 20.4 Å². The molecule has 1 aromatic rings. The fourth-order valence-corrected chi connectivity index (χ4v) is 3.04. The maximum atomic E-state index is 12.1. The molecule has 1 unspecified atom stereocenters. The first-order valence-electron chi connectivity index (χ1n) is 7.16. The van der Waals surface area contributed by atoms with E-state index in [1.165, 1.54) is 12.1 Å². The lowest BCUT2D eigenvalue weighted by Crippen LogP contribution is -2.31. The Kier molecular flexibility index (Phi) is 6.36. The first-order chi connectivity index (χ1) is 9.74. The Hall–Kier alpha value is -1.40. The van der Waals surface area contributed by atoms with Crippen molar-refractivity contribution in [2.75, 3.05) is 5.32 Å². The number of nitrogens with one attached hydrogen (secondary N) is 2. The van der Waals surface area contributed by atoms with Crippen LogP contribution in [0.2, 0.25) is 0 Å². The Morgan fingerprint density at radius 1 is 1.14 bits per heavy atom. The van der Waals surface area contributed by atoms with E-state index in [9.17, 15) is 13.2 Å². The van der Waals surface area contributed by atoms with Gasteiger partial charge < -0.3 is 5.32 Å². The molecular weight excluding hydrogens is 288 g/mol. The van der Waals surface area contributed by atoms with Gasteiger partial charge in [0.05, 0.1) is 4.90 Å². The van der Waals surface area contributed by atoms with Gasteiger partial charge in [0.25, 0.3) is 0 Å². The van der Waals surface area contributed by atoms with Gasteiger partial charge in [-0.2, -0.15) is 0 Å². The summed E-state index contributed by atoms with van der Waals surface area (Å²) in [6, 6.07) is 6.08. The predicted molar refractivity (Wildman–Crippen MR) is 84.6 cm³/mol. The summed E-state index contributed by atoms with van der Waals surface area (Å²) in [6.07, 6.45) is 1.16. The van der Waals surface area contributed by atoms with Gasteiger partial charge in [-0.05, 0) is 43.5 Å². The molecule has 0 aliphatic carbocycles. The highest BCUT2D eigenvalue weighted by molar-refractivity contribution is 7.89. The lowest BCUT2D eigenvalue weighted by Gasteiger charge is -2.12. The number of amides is 1. The van der Waals surface area contributed by atoms with E-state index < -0.39 is 10.0 Å². The minimum atomic E-state index is -3.50. The third-order valence-corrected chi connectivity index (χ3v) is 4.62. The van der Waals surface area contributed by atoms with Crippen LogP contribution in [0.1, 0.15) is 40.5 Å². The number of sulfonamides is 1. The molecule has 6 heteroatoms. The van der Waals surface area contributed by atoms with Gasteiger partial charge in [0.15, 0.2) is 0 Å². The molecule has 0 aliphatic heterocycles. The summed E-state index contributed by atoms with van der Waals surface area (Å²) in [5.74, 6) is 0.211. The fraction of sp³-hybridized carbons (Fsp3) is 0.533. The minimum Gasteiger partial charge on any atom is -0.326 e. The van der Waals surface area contributed by atoms with Crippen molar-refractivity contribution in [1.29, 1.82) is 0 Å². The second-order valence-corrected chi connectivity index (χ2v) is 7.32.